The lowest BCUT2D eigenvalue weighted by atomic mass is 10.1. The fourth-order valence-corrected chi connectivity index (χ4v) is 0.892. The highest BCUT2D eigenvalue weighted by Gasteiger charge is 2.06. The molecular formula is C11H17NO2. The van der Waals surface area contributed by atoms with E-state index < -0.39 is 5.97 Å². The van der Waals surface area contributed by atoms with Crippen molar-refractivity contribution in [3.63, 3.8) is 0 Å². The van der Waals surface area contributed by atoms with Gasteiger partial charge in [-0.3, -0.25) is 0 Å². The maximum absolute atomic E-state index is 10.5. The molecule has 0 aliphatic heterocycles. The number of hydrogen-bond donors (Lipinski definition) is 1. The summed E-state index contributed by atoms with van der Waals surface area (Å²) in [5.74, 6) is -0.707. The molecule has 1 rings (SSSR count). The summed E-state index contributed by atoms with van der Waals surface area (Å²) in [4.78, 5) is 14.5. The second-order valence-electron chi connectivity index (χ2n) is 2.91. The van der Waals surface area contributed by atoms with Crippen molar-refractivity contribution in [2.75, 3.05) is 0 Å². The first-order valence-electron chi connectivity index (χ1n) is 4.81. The van der Waals surface area contributed by atoms with Gasteiger partial charge in [-0.15, -0.1) is 0 Å². The minimum absolute atomic E-state index is 0.112. The van der Waals surface area contributed by atoms with Crippen molar-refractivity contribution in [2.24, 2.45) is 0 Å². The summed E-state index contributed by atoms with van der Waals surface area (Å²) >= 11 is 0. The van der Waals surface area contributed by atoms with E-state index in [-0.39, 0.29) is 11.6 Å². The molecule has 0 amide bonds. The summed E-state index contributed by atoms with van der Waals surface area (Å²) < 4.78 is 0. The monoisotopic (exact) mass is 195 g/mol. The van der Waals surface area contributed by atoms with Crippen LogP contribution >= 0.6 is 0 Å². The lowest BCUT2D eigenvalue weighted by Crippen LogP contribution is -2.03. The zero-order valence-electron chi connectivity index (χ0n) is 9.11. The van der Waals surface area contributed by atoms with E-state index in [4.69, 9.17) is 5.11 Å². The number of aromatic carboxylic acids is 1. The van der Waals surface area contributed by atoms with Crippen LogP contribution in [-0.4, -0.2) is 16.1 Å². The summed E-state index contributed by atoms with van der Waals surface area (Å²) in [7, 11) is 0. The van der Waals surface area contributed by atoms with Gasteiger partial charge in [0.05, 0.1) is 0 Å². The third-order valence-corrected chi connectivity index (χ3v) is 1.58. The lowest BCUT2D eigenvalue weighted by Gasteiger charge is -2.03. The van der Waals surface area contributed by atoms with E-state index in [2.05, 4.69) is 4.98 Å². The molecule has 0 atom stereocenters. The molecule has 0 radical (unpaired) electrons. The summed E-state index contributed by atoms with van der Waals surface area (Å²) in [5, 5.41) is 8.63. The van der Waals surface area contributed by atoms with Crippen LogP contribution in [-0.2, 0) is 0 Å². The topological polar surface area (TPSA) is 50.2 Å². The molecule has 0 saturated carbocycles. The maximum atomic E-state index is 10.5. The van der Waals surface area contributed by atoms with Crippen LogP contribution in [0.3, 0.4) is 0 Å². The predicted molar refractivity (Wildman–Crippen MR) is 56.6 cm³/mol. The number of nitrogens with zero attached hydrogens (tertiary/aromatic N) is 1. The smallest absolute Gasteiger partial charge is 0.354 e. The largest absolute Gasteiger partial charge is 0.477 e. The van der Waals surface area contributed by atoms with Gasteiger partial charge in [0.2, 0.25) is 0 Å². The number of carbonyl (C=O) groups is 1. The Morgan fingerprint density at radius 3 is 2.36 bits per heavy atom. The number of hydrogen-bond acceptors (Lipinski definition) is 2. The van der Waals surface area contributed by atoms with Crippen LogP contribution in [0.5, 0.6) is 0 Å². The molecule has 1 aromatic rings. The minimum atomic E-state index is -0.975. The first-order chi connectivity index (χ1) is 6.61. The van der Waals surface area contributed by atoms with Gasteiger partial charge in [0.25, 0.3) is 0 Å². The Labute approximate surface area is 84.8 Å². The average molecular weight is 195 g/mol. The Bertz CT molecular complexity index is 295. The third kappa shape index (κ3) is 3.56. The van der Waals surface area contributed by atoms with Gasteiger partial charge in [0.1, 0.15) is 5.69 Å². The predicted octanol–water partition coefficient (Wildman–Crippen LogP) is 2.93. The fourth-order valence-electron chi connectivity index (χ4n) is 0.892. The molecule has 3 heteroatoms. The molecule has 78 valence electrons. The molecule has 14 heavy (non-hydrogen) atoms. The first kappa shape index (κ1) is 12.6. The van der Waals surface area contributed by atoms with Crippen molar-refractivity contribution in [3.05, 3.63) is 29.6 Å². The number of aromatic nitrogens is 1. The standard InChI is InChI=1S/C9H11NO2.C2H6/c1-6(2)7-4-3-5-8(10-7)9(11)12;1-2/h3-6H,1-2H3,(H,11,12);1-2H3. The second kappa shape index (κ2) is 6.13. The van der Waals surface area contributed by atoms with Gasteiger partial charge in [0.15, 0.2) is 0 Å². The molecule has 1 heterocycles. The van der Waals surface area contributed by atoms with Gasteiger partial charge in [-0.05, 0) is 18.1 Å². The fraction of sp³-hybridized carbons (Fsp3) is 0.455. The quantitative estimate of drug-likeness (QED) is 0.789. The molecule has 0 saturated heterocycles. The van der Waals surface area contributed by atoms with Crippen LogP contribution in [0.2, 0.25) is 0 Å². The summed E-state index contributed by atoms with van der Waals surface area (Å²) in [5.41, 5.74) is 0.927. The van der Waals surface area contributed by atoms with E-state index in [1.807, 2.05) is 33.8 Å². The molecule has 0 unspecified atom stereocenters. The van der Waals surface area contributed by atoms with Gasteiger partial charge < -0.3 is 5.11 Å². The van der Waals surface area contributed by atoms with Gasteiger partial charge in [-0.25, -0.2) is 9.78 Å². The normalized spacial score (nSPS) is 9.21. The molecule has 0 aromatic carbocycles. The van der Waals surface area contributed by atoms with E-state index in [1.165, 1.54) is 6.07 Å². The van der Waals surface area contributed by atoms with E-state index in [9.17, 15) is 4.79 Å². The Balaban J connectivity index is 0.000000791. The second-order valence-corrected chi connectivity index (χ2v) is 2.91. The maximum Gasteiger partial charge on any atom is 0.354 e. The Hall–Kier alpha value is -1.38. The Kier molecular flexibility index (Phi) is 5.53. The van der Waals surface area contributed by atoms with Crippen LogP contribution < -0.4 is 0 Å². The van der Waals surface area contributed by atoms with E-state index in [0.717, 1.165) is 5.69 Å². The lowest BCUT2D eigenvalue weighted by molar-refractivity contribution is 0.0690. The molecule has 0 aliphatic carbocycles. The van der Waals surface area contributed by atoms with Gasteiger partial charge in [-0.1, -0.05) is 33.8 Å². The Morgan fingerprint density at radius 2 is 1.93 bits per heavy atom. The van der Waals surface area contributed by atoms with Crippen LogP contribution in [0, 0.1) is 0 Å². The van der Waals surface area contributed by atoms with Crippen LogP contribution in [0.25, 0.3) is 0 Å². The molecule has 1 N–H and O–H groups in total. The zero-order valence-corrected chi connectivity index (χ0v) is 9.11. The summed E-state index contributed by atoms with van der Waals surface area (Å²) in [6.07, 6.45) is 0. The highest BCUT2D eigenvalue weighted by Crippen LogP contribution is 2.11. The highest BCUT2D eigenvalue weighted by molar-refractivity contribution is 5.85. The van der Waals surface area contributed by atoms with Crippen molar-refractivity contribution in [1.82, 2.24) is 4.98 Å². The molecular weight excluding hydrogens is 178 g/mol. The van der Waals surface area contributed by atoms with Gasteiger partial charge in [0, 0.05) is 5.69 Å². The number of rotatable bonds is 2. The number of carboxylic acids is 1. The molecule has 0 aliphatic rings. The van der Waals surface area contributed by atoms with Gasteiger partial charge in [-0.2, -0.15) is 0 Å². The summed E-state index contributed by atoms with van der Waals surface area (Å²) in [6, 6.07) is 5.04. The number of carboxylic acid groups (broad SMARTS) is 1. The van der Waals surface area contributed by atoms with Crippen molar-refractivity contribution in [1.29, 1.82) is 0 Å². The van der Waals surface area contributed by atoms with E-state index in [0.29, 0.717) is 0 Å². The van der Waals surface area contributed by atoms with Crippen molar-refractivity contribution in [3.8, 4) is 0 Å². The third-order valence-electron chi connectivity index (χ3n) is 1.58. The minimum Gasteiger partial charge on any atom is -0.477 e. The molecule has 3 nitrogen and oxygen atoms in total. The van der Waals surface area contributed by atoms with Crippen molar-refractivity contribution >= 4 is 5.97 Å². The van der Waals surface area contributed by atoms with E-state index in [1.54, 1.807) is 6.07 Å². The highest BCUT2D eigenvalue weighted by atomic mass is 16.4. The van der Waals surface area contributed by atoms with Crippen molar-refractivity contribution in [2.45, 2.75) is 33.6 Å². The molecule has 0 bridgehead atoms. The van der Waals surface area contributed by atoms with Crippen LogP contribution in [0.4, 0.5) is 0 Å². The van der Waals surface area contributed by atoms with Gasteiger partial charge >= 0.3 is 5.97 Å². The molecule has 1 aromatic heterocycles. The Morgan fingerprint density at radius 1 is 1.36 bits per heavy atom. The summed E-state index contributed by atoms with van der Waals surface area (Å²) in [6.45, 7) is 7.96. The average Bonchev–Trinajstić information content (AvgIpc) is 2.21. The first-order valence-corrected chi connectivity index (χ1v) is 4.81. The van der Waals surface area contributed by atoms with Crippen LogP contribution in [0.1, 0.15) is 49.8 Å². The van der Waals surface area contributed by atoms with Crippen molar-refractivity contribution < 1.29 is 9.90 Å². The van der Waals surface area contributed by atoms with Crippen LogP contribution in [0.15, 0.2) is 18.2 Å². The SMILES string of the molecule is CC.CC(C)c1cccc(C(=O)O)n1. The van der Waals surface area contributed by atoms with E-state index >= 15 is 0 Å². The number of pyridine rings is 1. The zero-order chi connectivity index (χ0) is 11.1. The molecule has 0 fully saturated rings. The molecule has 0 spiro atoms.